The SMILES string of the molecule is CC1(C2CC(=O)C3(C)C4=C(C(=O)CC23C)C2(C)CCC(O)C(C)(C)C2CC4O)CCC(=O)O1. The second-order valence-electron chi connectivity index (χ2n) is 13.0. The van der Waals surface area contributed by atoms with Crippen molar-refractivity contribution < 1.29 is 29.3 Å². The largest absolute Gasteiger partial charge is 0.459 e. The van der Waals surface area contributed by atoms with Gasteiger partial charge >= 0.3 is 5.97 Å². The van der Waals surface area contributed by atoms with Crippen LogP contribution in [0.1, 0.15) is 86.5 Å². The Morgan fingerprint density at radius 2 is 1.61 bits per heavy atom. The number of rotatable bonds is 1. The molecule has 5 aliphatic rings. The third-order valence-electron chi connectivity index (χ3n) is 11.2. The summed E-state index contributed by atoms with van der Waals surface area (Å²) < 4.78 is 5.77. The van der Waals surface area contributed by atoms with Gasteiger partial charge in [0.1, 0.15) is 11.4 Å². The fraction of sp³-hybridized carbons (Fsp3) is 0.815. The third kappa shape index (κ3) is 2.60. The normalized spacial score (nSPS) is 51.2. The van der Waals surface area contributed by atoms with E-state index in [1.807, 2.05) is 34.6 Å². The summed E-state index contributed by atoms with van der Waals surface area (Å²) in [6.07, 6.45) is 1.64. The van der Waals surface area contributed by atoms with Crippen LogP contribution in [0.2, 0.25) is 0 Å². The molecule has 8 atom stereocenters. The van der Waals surface area contributed by atoms with Crippen molar-refractivity contribution >= 4 is 17.5 Å². The minimum atomic E-state index is -0.980. The number of allylic oxidation sites excluding steroid dienone is 1. The van der Waals surface area contributed by atoms with E-state index >= 15 is 0 Å². The van der Waals surface area contributed by atoms with Gasteiger partial charge < -0.3 is 14.9 Å². The molecule has 2 saturated carbocycles. The van der Waals surface area contributed by atoms with Crippen LogP contribution in [-0.2, 0) is 19.1 Å². The molecular weight excluding hydrogens is 420 g/mol. The van der Waals surface area contributed by atoms with Gasteiger partial charge in [0.15, 0.2) is 5.78 Å². The van der Waals surface area contributed by atoms with Gasteiger partial charge in [-0.25, -0.2) is 0 Å². The second-order valence-corrected chi connectivity index (χ2v) is 13.0. The van der Waals surface area contributed by atoms with Crippen molar-refractivity contribution in [2.75, 3.05) is 0 Å². The number of hydrogen-bond donors (Lipinski definition) is 2. The van der Waals surface area contributed by atoms with Crippen LogP contribution in [0.25, 0.3) is 0 Å². The number of fused-ring (bicyclic) bond motifs is 4. The topological polar surface area (TPSA) is 101 Å². The van der Waals surface area contributed by atoms with Crippen molar-refractivity contribution in [2.45, 2.75) is 104 Å². The lowest BCUT2D eigenvalue weighted by Crippen LogP contribution is -2.61. The van der Waals surface area contributed by atoms with Crippen molar-refractivity contribution in [2.24, 2.45) is 33.5 Å². The van der Waals surface area contributed by atoms with E-state index < -0.39 is 39.5 Å². The van der Waals surface area contributed by atoms with E-state index in [2.05, 4.69) is 6.92 Å². The molecular formula is C27H38O6. The van der Waals surface area contributed by atoms with Crippen molar-refractivity contribution in [1.82, 2.24) is 0 Å². The summed E-state index contributed by atoms with van der Waals surface area (Å²) in [5, 5.41) is 22.3. The van der Waals surface area contributed by atoms with Crippen LogP contribution in [-0.4, -0.2) is 45.6 Å². The highest BCUT2D eigenvalue weighted by Gasteiger charge is 2.72. The Kier molecular flexibility index (Phi) is 4.62. The number of carbonyl (C=O) groups excluding carboxylic acids is 3. The average Bonchev–Trinajstić information content (AvgIpc) is 3.16. The summed E-state index contributed by atoms with van der Waals surface area (Å²) in [6.45, 7) is 12.0. The smallest absolute Gasteiger partial charge is 0.306 e. The van der Waals surface area contributed by atoms with E-state index in [-0.39, 0.29) is 42.2 Å². The molecule has 5 rings (SSSR count). The molecule has 4 aliphatic carbocycles. The zero-order chi connectivity index (χ0) is 24.4. The fourth-order valence-corrected chi connectivity index (χ4v) is 9.08. The van der Waals surface area contributed by atoms with Gasteiger partial charge in [-0.05, 0) is 67.3 Å². The molecule has 0 aromatic carbocycles. The fourth-order valence-electron chi connectivity index (χ4n) is 9.08. The molecule has 3 fully saturated rings. The highest BCUT2D eigenvalue weighted by Crippen LogP contribution is 2.71. The maximum atomic E-state index is 14.0. The number of cyclic esters (lactones) is 1. The van der Waals surface area contributed by atoms with Gasteiger partial charge in [-0.2, -0.15) is 0 Å². The molecule has 1 aliphatic heterocycles. The van der Waals surface area contributed by atoms with E-state index in [1.54, 1.807) is 0 Å². The van der Waals surface area contributed by atoms with Gasteiger partial charge in [-0.1, -0.05) is 27.7 Å². The maximum Gasteiger partial charge on any atom is 0.306 e. The Morgan fingerprint density at radius 3 is 2.21 bits per heavy atom. The van der Waals surface area contributed by atoms with E-state index in [4.69, 9.17) is 4.74 Å². The lowest BCUT2D eigenvalue weighted by Gasteiger charge is -2.61. The molecule has 8 unspecified atom stereocenters. The van der Waals surface area contributed by atoms with Crippen molar-refractivity contribution in [3.8, 4) is 0 Å². The first kappa shape index (κ1) is 23.2. The minimum Gasteiger partial charge on any atom is -0.459 e. The van der Waals surface area contributed by atoms with Crippen LogP contribution in [0, 0.1) is 33.5 Å². The minimum absolute atomic E-state index is 0.0102. The number of aliphatic hydroxyl groups is 2. The molecule has 6 nitrogen and oxygen atoms in total. The Labute approximate surface area is 196 Å². The lowest BCUT2D eigenvalue weighted by atomic mass is 9.42. The average molecular weight is 459 g/mol. The first-order valence-corrected chi connectivity index (χ1v) is 12.5. The standard InChI is InChI=1S/C27H38O6/c1-23(2)16-11-14(28)22-21(24(16,3)9-7-18(23)30)15(29)13-25(4)17(12-19(31)27(22,25)6)26(5)10-8-20(32)33-26/h14,16-18,28,30H,7-13H2,1-6H3. The van der Waals surface area contributed by atoms with E-state index in [0.29, 0.717) is 43.3 Å². The zero-order valence-electron chi connectivity index (χ0n) is 20.8. The number of Topliss-reactive ketones (excluding diaryl/α,β-unsaturated/α-hetero) is 2. The van der Waals surface area contributed by atoms with Crippen LogP contribution in [0.5, 0.6) is 0 Å². The van der Waals surface area contributed by atoms with Crippen molar-refractivity contribution in [1.29, 1.82) is 0 Å². The first-order chi connectivity index (χ1) is 15.1. The number of carbonyl (C=O) groups is 3. The van der Waals surface area contributed by atoms with Crippen LogP contribution in [0.3, 0.4) is 0 Å². The predicted octanol–water partition coefficient (Wildman–Crippen LogP) is 3.52. The monoisotopic (exact) mass is 458 g/mol. The van der Waals surface area contributed by atoms with Gasteiger partial charge in [0, 0.05) is 30.8 Å². The molecule has 0 aromatic heterocycles. The van der Waals surface area contributed by atoms with Crippen LogP contribution >= 0.6 is 0 Å². The van der Waals surface area contributed by atoms with Gasteiger partial charge in [-0.3, -0.25) is 14.4 Å². The Morgan fingerprint density at radius 1 is 0.939 bits per heavy atom. The summed E-state index contributed by atoms with van der Waals surface area (Å²) in [5.41, 5.74) is -2.15. The van der Waals surface area contributed by atoms with E-state index in [0.717, 1.165) is 0 Å². The number of hydrogen-bond acceptors (Lipinski definition) is 6. The molecule has 6 heteroatoms. The number of esters is 1. The quantitative estimate of drug-likeness (QED) is 0.583. The molecule has 2 N–H and O–H groups in total. The third-order valence-corrected chi connectivity index (χ3v) is 11.2. The van der Waals surface area contributed by atoms with Crippen LogP contribution in [0.4, 0.5) is 0 Å². The lowest BCUT2D eigenvalue weighted by molar-refractivity contribution is -0.159. The molecule has 0 aromatic rings. The predicted molar refractivity (Wildman–Crippen MR) is 121 cm³/mol. The van der Waals surface area contributed by atoms with Gasteiger partial charge in [0.2, 0.25) is 0 Å². The van der Waals surface area contributed by atoms with E-state index in [9.17, 15) is 24.6 Å². The molecule has 33 heavy (non-hydrogen) atoms. The second kappa shape index (κ2) is 6.57. The van der Waals surface area contributed by atoms with Gasteiger partial charge in [0.25, 0.3) is 0 Å². The Hall–Kier alpha value is -1.53. The Bertz CT molecular complexity index is 995. The van der Waals surface area contributed by atoms with Crippen LogP contribution < -0.4 is 0 Å². The molecule has 0 bridgehead atoms. The molecule has 0 spiro atoms. The summed E-state index contributed by atoms with van der Waals surface area (Å²) in [6, 6.07) is 0. The molecule has 1 saturated heterocycles. The number of ether oxygens (including phenoxy) is 1. The summed E-state index contributed by atoms with van der Waals surface area (Å²) >= 11 is 0. The van der Waals surface area contributed by atoms with Crippen molar-refractivity contribution in [3.63, 3.8) is 0 Å². The Balaban J connectivity index is 1.69. The van der Waals surface area contributed by atoms with Gasteiger partial charge in [-0.15, -0.1) is 0 Å². The molecule has 1 heterocycles. The number of aliphatic hydroxyl groups excluding tert-OH is 2. The first-order valence-electron chi connectivity index (χ1n) is 12.5. The van der Waals surface area contributed by atoms with Crippen molar-refractivity contribution in [3.05, 3.63) is 11.1 Å². The molecule has 0 amide bonds. The van der Waals surface area contributed by atoms with E-state index in [1.165, 1.54) is 0 Å². The summed E-state index contributed by atoms with van der Waals surface area (Å²) in [4.78, 5) is 39.9. The highest BCUT2D eigenvalue weighted by molar-refractivity contribution is 6.05. The molecule has 182 valence electrons. The summed E-state index contributed by atoms with van der Waals surface area (Å²) in [7, 11) is 0. The van der Waals surface area contributed by atoms with Gasteiger partial charge in [0.05, 0.1) is 17.6 Å². The summed E-state index contributed by atoms with van der Waals surface area (Å²) in [5.74, 6) is -0.527. The number of ketones is 2. The zero-order valence-corrected chi connectivity index (χ0v) is 20.8. The van der Waals surface area contributed by atoms with Crippen LogP contribution in [0.15, 0.2) is 11.1 Å². The maximum absolute atomic E-state index is 14.0. The molecule has 0 radical (unpaired) electrons. The highest BCUT2D eigenvalue weighted by atomic mass is 16.6.